The Labute approximate surface area is 193 Å². The molecule has 2 heterocycles. The first-order chi connectivity index (χ1) is 16.0. The van der Waals surface area contributed by atoms with Crippen molar-refractivity contribution in [1.29, 1.82) is 0 Å². The molecular formula is C22H19FN8OS. The fourth-order valence-electron chi connectivity index (χ4n) is 3.02. The molecule has 0 fully saturated rings. The predicted octanol–water partition coefficient (Wildman–Crippen LogP) is 2.50. The van der Waals surface area contributed by atoms with Crippen molar-refractivity contribution in [2.75, 3.05) is 0 Å². The molecule has 0 saturated carbocycles. The molecule has 0 saturated heterocycles. The molecule has 3 N–H and O–H groups in total. The van der Waals surface area contributed by atoms with Crippen molar-refractivity contribution in [2.45, 2.75) is 20.0 Å². The maximum Gasteiger partial charge on any atom is 0.270 e. The summed E-state index contributed by atoms with van der Waals surface area (Å²) in [5.41, 5.74) is 3.77. The second-order valence-corrected chi connectivity index (χ2v) is 7.58. The van der Waals surface area contributed by atoms with Gasteiger partial charge in [0.25, 0.3) is 5.91 Å². The lowest BCUT2D eigenvalue weighted by atomic mass is 10.1. The van der Waals surface area contributed by atoms with Crippen LogP contribution >= 0.6 is 12.2 Å². The molecule has 0 aliphatic carbocycles. The number of hydrogen-bond donors (Lipinski definition) is 3. The number of benzene rings is 2. The summed E-state index contributed by atoms with van der Waals surface area (Å²) in [6, 6.07) is 13.9. The zero-order valence-electron chi connectivity index (χ0n) is 17.5. The number of nitrogens with zero attached hydrogens (tertiary/aromatic N) is 5. The summed E-state index contributed by atoms with van der Waals surface area (Å²) in [5.74, 6) is -0.138. The van der Waals surface area contributed by atoms with Gasteiger partial charge in [-0.15, -0.1) is 10.2 Å². The number of tetrazole rings is 1. The third-order valence-corrected chi connectivity index (χ3v) is 5.17. The van der Waals surface area contributed by atoms with Crippen molar-refractivity contribution in [2.24, 2.45) is 0 Å². The van der Waals surface area contributed by atoms with Gasteiger partial charge in [-0.25, -0.2) is 14.4 Å². The van der Waals surface area contributed by atoms with Crippen LogP contribution in [0.15, 0.2) is 54.9 Å². The van der Waals surface area contributed by atoms with E-state index in [1.54, 1.807) is 19.1 Å². The number of halogens is 1. The van der Waals surface area contributed by atoms with Crippen LogP contribution < -0.4 is 10.6 Å². The maximum atomic E-state index is 13.4. The number of aromatic amines is 1. The Morgan fingerprint density at radius 2 is 1.73 bits per heavy atom. The molecule has 1 amide bonds. The average Bonchev–Trinajstić information content (AvgIpc) is 3.38. The SMILES string of the molecule is Cc1cc(CNC(=O)c2cc(C(=S)NCc3ccc(-c4nn[nH]n4)cc3)ncn2)ccc1F. The summed E-state index contributed by atoms with van der Waals surface area (Å²) in [4.78, 5) is 21.1. The molecule has 4 aromatic rings. The Morgan fingerprint density at radius 3 is 2.45 bits per heavy atom. The van der Waals surface area contributed by atoms with Gasteiger partial charge in [0.15, 0.2) is 0 Å². The van der Waals surface area contributed by atoms with Crippen molar-refractivity contribution < 1.29 is 9.18 Å². The fraction of sp³-hybridized carbons (Fsp3) is 0.136. The number of aryl methyl sites for hydroxylation is 1. The molecule has 33 heavy (non-hydrogen) atoms. The number of amides is 1. The summed E-state index contributed by atoms with van der Waals surface area (Å²) in [6.45, 7) is 2.40. The van der Waals surface area contributed by atoms with Crippen molar-refractivity contribution in [1.82, 2.24) is 41.2 Å². The number of carbonyl (C=O) groups excluding carboxylic acids is 1. The maximum absolute atomic E-state index is 13.4. The van der Waals surface area contributed by atoms with Gasteiger partial charge < -0.3 is 10.6 Å². The number of thiocarbonyl (C=S) groups is 1. The van der Waals surface area contributed by atoms with Crippen molar-refractivity contribution in [3.63, 3.8) is 0 Å². The molecule has 0 aliphatic heterocycles. The van der Waals surface area contributed by atoms with Gasteiger partial charge >= 0.3 is 0 Å². The van der Waals surface area contributed by atoms with Crippen LogP contribution in [0.4, 0.5) is 4.39 Å². The van der Waals surface area contributed by atoms with Gasteiger partial charge in [-0.3, -0.25) is 4.79 Å². The van der Waals surface area contributed by atoms with Crippen LogP contribution in [0, 0.1) is 12.7 Å². The Balaban J connectivity index is 1.34. The molecule has 166 valence electrons. The quantitative estimate of drug-likeness (QED) is 0.358. The van der Waals surface area contributed by atoms with Crippen LogP contribution in [0.1, 0.15) is 32.9 Å². The minimum absolute atomic E-state index is 0.187. The van der Waals surface area contributed by atoms with Gasteiger partial charge in [0.1, 0.15) is 28.5 Å². The molecule has 2 aromatic carbocycles. The van der Waals surface area contributed by atoms with E-state index in [2.05, 4.69) is 41.2 Å². The Kier molecular flexibility index (Phi) is 6.69. The third-order valence-electron chi connectivity index (χ3n) is 4.82. The lowest BCUT2D eigenvalue weighted by Crippen LogP contribution is -2.26. The summed E-state index contributed by atoms with van der Waals surface area (Å²) in [5, 5.41) is 19.8. The summed E-state index contributed by atoms with van der Waals surface area (Å²) >= 11 is 5.42. The number of rotatable bonds is 7. The highest BCUT2D eigenvalue weighted by atomic mass is 32.1. The van der Waals surface area contributed by atoms with Gasteiger partial charge in [0, 0.05) is 18.7 Å². The monoisotopic (exact) mass is 462 g/mol. The van der Waals surface area contributed by atoms with Crippen LogP contribution in [-0.4, -0.2) is 41.5 Å². The minimum atomic E-state index is -0.375. The number of H-pyrrole nitrogens is 1. The highest BCUT2D eigenvalue weighted by molar-refractivity contribution is 7.80. The van der Waals surface area contributed by atoms with Gasteiger partial charge in [0.2, 0.25) is 5.82 Å². The number of aromatic nitrogens is 6. The summed E-state index contributed by atoms with van der Waals surface area (Å²) in [7, 11) is 0. The van der Waals surface area contributed by atoms with E-state index in [4.69, 9.17) is 12.2 Å². The van der Waals surface area contributed by atoms with Gasteiger partial charge in [-0.05, 0) is 41.0 Å². The van der Waals surface area contributed by atoms with E-state index in [0.717, 1.165) is 16.7 Å². The van der Waals surface area contributed by atoms with Gasteiger partial charge in [-0.2, -0.15) is 5.21 Å². The molecule has 0 atom stereocenters. The largest absolute Gasteiger partial charge is 0.370 e. The van der Waals surface area contributed by atoms with E-state index in [9.17, 15) is 9.18 Å². The lowest BCUT2D eigenvalue weighted by molar-refractivity contribution is 0.0945. The molecule has 0 radical (unpaired) electrons. The van der Waals surface area contributed by atoms with E-state index >= 15 is 0 Å². The van der Waals surface area contributed by atoms with Crippen molar-refractivity contribution in [3.8, 4) is 11.4 Å². The van der Waals surface area contributed by atoms with Crippen LogP contribution in [0.3, 0.4) is 0 Å². The molecule has 0 unspecified atom stereocenters. The second-order valence-electron chi connectivity index (χ2n) is 7.17. The standard InChI is InChI=1S/C22H19FN8OS/c1-13-8-15(4-7-17(13)23)11-24-21(32)18-9-19(27-12-26-18)22(33)25-10-14-2-5-16(6-3-14)20-28-30-31-29-20/h2-9,12H,10-11H2,1H3,(H,24,32)(H,25,33)(H,28,29,30,31). The van der Waals surface area contributed by atoms with Gasteiger partial charge in [-0.1, -0.05) is 48.6 Å². The van der Waals surface area contributed by atoms with Crippen molar-refractivity contribution in [3.05, 3.63) is 88.8 Å². The van der Waals surface area contributed by atoms with Crippen LogP contribution in [0.2, 0.25) is 0 Å². The summed E-state index contributed by atoms with van der Waals surface area (Å²) in [6.07, 6.45) is 1.29. The first-order valence-electron chi connectivity index (χ1n) is 9.96. The van der Waals surface area contributed by atoms with Crippen LogP contribution in [-0.2, 0) is 13.1 Å². The van der Waals surface area contributed by atoms with Crippen molar-refractivity contribution >= 4 is 23.1 Å². The number of nitrogens with one attached hydrogen (secondary N) is 3. The average molecular weight is 463 g/mol. The smallest absolute Gasteiger partial charge is 0.270 e. The Morgan fingerprint density at radius 1 is 1.00 bits per heavy atom. The number of carbonyl (C=O) groups is 1. The molecule has 0 aliphatic rings. The minimum Gasteiger partial charge on any atom is -0.370 e. The van der Waals surface area contributed by atoms with Crippen LogP contribution in [0.5, 0.6) is 0 Å². The molecule has 0 bridgehead atoms. The van der Waals surface area contributed by atoms with E-state index in [1.165, 1.54) is 18.5 Å². The Bertz CT molecular complexity index is 1280. The zero-order valence-corrected chi connectivity index (χ0v) is 18.4. The van der Waals surface area contributed by atoms with Crippen LogP contribution in [0.25, 0.3) is 11.4 Å². The first kappa shape index (κ1) is 22.1. The molecule has 4 rings (SSSR count). The van der Waals surface area contributed by atoms with E-state index in [0.29, 0.717) is 28.6 Å². The Hall–Kier alpha value is -4.12. The van der Waals surface area contributed by atoms with Gasteiger partial charge in [0.05, 0.1) is 0 Å². The lowest BCUT2D eigenvalue weighted by Gasteiger charge is -2.09. The molecule has 9 nitrogen and oxygen atoms in total. The highest BCUT2D eigenvalue weighted by Gasteiger charge is 2.12. The molecule has 2 aromatic heterocycles. The van der Waals surface area contributed by atoms with E-state index in [1.807, 2.05) is 24.3 Å². The predicted molar refractivity (Wildman–Crippen MR) is 122 cm³/mol. The van der Waals surface area contributed by atoms with E-state index < -0.39 is 0 Å². The topological polar surface area (TPSA) is 121 Å². The molecule has 11 heteroatoms. The fourth-order valence-corrected chi connectivity index (χ4v) is 3.21. The molecule has 0 spiro atoms. The number of hydrogen-bond acceptors (Lipinski definition) is 7. The summed E-state index contributed by atoms with van der Waals surface area (Å²) < 4.78 is 13.4. The third kappa shape index (κ3) is 5.57. The second kappa shape index (κ2) is 10.0. The first-order valence-corrected chi connectivity index (χ1v) is 10.4. The normalized spacial score (nSPS) is 10.6. The zero-order chi connectivity index (χ0) is 23.2. The van der Waals surface area contributed by atoms with E-state index in [-0.39, 0.29) is 24.0 Å². The molecular weight excluding hydrogens is 443 g/mol. The highest BCUT2D eigenvalue weighted by Crippen LogP contribution is 2.14.